The predicted molar refractivity (Wildman–Crippen MR) is 128 cm³/mol. The number of anilines is 1. The number of ether oxygens (including phenoxy) is 1. The molecule has 1 unspecified atom stereocenters. The van der Waals surface area contributed by atoms with Crippen LogP contribution in [0.3, 0.4) is 0 Å². The molecule has 2 amide bonds. The lowest BCUT2D eigenvalue weighted by atomic mass is 10.2. The van der Waals surface area contributed by atoms with Crippen LogP contribution in [0.15, 0.2) is 48.5 Å². The van der Waals surface area contributed by atoms with Crippen LogP contribution in [-0.4, -0.2) is 69.8 Å². The summed E-state index contributed by atoms with van der Waals surface area (Å²) in [7, 11) is 1.65. The average molecular weight is 446 g/mol. The van der Waals surface area contributed by atoms with Crippen LogP contribution in [0.2, 0.25) is 0 Å². The lowest BCUT2D eigenvalue weighted by Gasteiger charge is -2.40. The van der Waals surface area contributed by atoms with Crippen molar-refractivity contribution in [3.8, 4) is 17.1 Å². The number of urea groups is 1. The van der Waals surface area contributed by atoms with E-state index >= 15 is 0 Å². The highest BCUT2D eigenvalue weighted by molar-refractivity contribution is 5.93. The molecule has 1 aliphatic rings. The average Bonchev–Trinajstić information content (AvgIpc) is 3.29. The first-order chi connectivity index (χ1) is 16.1. The summed E-state index contributed by atoms with van der Waals surface area (Å²) in [6.45, 7) is 6.56. The molecule has 9 heteroatoms. The van der Waals surface area contributed by atoms with Crippen molar-refractivity contribution < 1.29 is 9.53 Å². The Morgan fingerprint density at radius 3 is 2.64 bits per heavy atom. The fourth-order valence-electron chi connectivity index (χ4n) is 4.40. The fourth-order valence-corrected chi connectivity index (χ4v) is 4.40. The van der Waals surface area contributed by atoms with Gasteiger partial charge in [0.1, 0.15) is 5.75 Å². The van der Waals surface area contributed by atoms with Gasteiger partial charge in [0.15, 0.2) is 11.5 Å². The van der Waals surface area contributed by atoms with E-state index < -0.39 is 0 Å². The number of aromatic nitrogens is 4. The number of nitrogens with one attached hydrogen (secondary N) is 1. The van der Waals surface area contributed by atoms with Gasteiger partial charge in [0.2, 0.25) is 5.95 Å². The molecule has 0 bridgehead atoms. The van der Waals surface area contributed by atoms with E-state index in [0.717, 1.165) is 39.6 Å². The van der Waals surface area contributed by atoms with Crippen molar-refractivity contribution in [1.82, 2.24) is 29.8 Å². The maximum absolute atomic E-state index is 12.4. The van der Waals surface area contributed by atoms with Gasteiger partial charge < -0.3 is 19.9 Å². The maximum atomic E-state index is 12.4. The number of carbonyl (C=O) groups excluding carboxylic acids is 1. The van der Waals surface area contributed by atoms with Crippen LogP contribution in [0.25, 0.3) is 27.9 Å². The van der Waals surface area contributed by atoms with Crippen LogP contribution in [0.4, 0.5) is 10.7 Å². The molecule has 33 heavy (non-hydrogen) atoms. The molecule has 1 fully saturated rings. The second-order valence-electron chi connectivity index (χ2n) is 8.16. The lowest BCUT2D eigenvalue weighted by Crippen LogP contribution is -2.57. The standard InChI is InChI=1S/C24H27N7O2/c1-4-25-24(32)30-14-13-29(15-16(30)2)23-26-20-8-6-5-7-19(20)22-28-27-21(31(22)23)17-9-11-18(33-3)12-10-17/h5-12,16H,4,13-15H2,1-3H3,(H,25,32). The number of para-hydroxylation sites is 1. The van der Waals surface area contributed by atoms with Crippen molar-refractivity contribution in [1.29, 1.82) is 0 Å². The van der Waals surface area contributed by atoms with Gasteiger partial charge in [-0.3, -0.25) is 0 Å². The number of piperazine rings is 1. The maximum Gasteiger partial charge on any atom is 0.317 e. The Kier molecular flexibility index (Phi) is 5.45. The second-order valence-corrected chi connectivity index (χ2v) is 8.16. The third-order valence-corrected chi connectivity index (χ3v) is 6.08. The topological polar surface area (TPSA) is 87.9 Å². The SMILES string of the molecule is CCNC(=O)N1CCN(c2nc3ccccc3c3nnc(-c4ccc(OC)cc4)n23)CC1C. The molecule has 0 aliphatic carbocycles. The van der Waals surface area contributed by atoms with Crippen molar-refractivity contribution in [2.45, 2.75) is 19.9 Å². The Hall–Kier alpha value is -3.88. The molecule has 2 aromatic carbocycles. The molecule has 1 atom stereocenters. The third-order valence-electron chi connectivity index (χ3n) is 6.08. The molecule has 1 aliphatic heterocycles. The minimum absolute atomic E-state index is 0.0236. The highest BCUT2D eigenvalue weighted by atomic mass is 16.5. The number of nitrogens with zero attached hydrogens (tertiary/aromatic N) is 6. The number of fused-ring (bicyclic) bond motifs is 3. The van der Waals surface area contributed by atoms with E-state index in [4.69, 9.17) is 9.72 Å². The van der Waals surface area contributed by atoms with Gasteiger partial charge in [0.05, 0.1) is 12.6 Å². The lowest BCUT2D eigenvalue weighted by molar-refractivity contribution is 0.171. The number of rotatable bonds is 4. The van der Waals surface area contributed by atoms with E-state index in [1.54, 1.807) is 7.11 Å². The van der Waals surface area contributed by atoms with Gasteiger partial charge in [-0.1, -0.05) is 12.1 Å². The second kappa shape index (κ2) is 8.57. The molecule has 0 saturated carbocycles. The Labute approximate surface area is 192 Å². The molecule has 1 saturated heterocycles. The van der Waals surface area contributed by atoms with Crippen molar-refractivity contribution in [2.75, 3.05) is 38.2 Å². The number of methoxy groups -OCH3 is 1. The molecule has 2 aromatic heterocycles. The first kappa shape index (κ1) is 21.0. The molecular weight excluding hydrogens is 418 g/mol. The Morgan fingerprint density at radius 1 is 1.12 bits per heavy atom. The summed E-state index contributed by atoms with van der Waals surface area (Å²) in [5.41, 5.74) is 2.56. The zero-order chi connectivity index (χ0) is 22.9. The normalized spacial score (nSPS) is 16.4. The van der Waals surface area contributed by atoms with E-state index in [0.29, 0.717) is 26.2 Å². The summed E-state index contributed by atoms with van der Waals surface area (Å²) in [5, 5.41) is 12.9. The Morgan fingerprint density at radius 2 is 1.91 bits per heavy atom. The summed E-state index contributed by atoms with van der Waals surface area (Å²) in [4.78, 5) is 21.6. The summed E-state index contributed by atoms with van der Waals surface area (Å²) in [5.74, 6) is 2.29. The molecule has 170 valence electrons. The number of carbonyl (C=O) groups is 1. The minimum Gasteiger partial charge on any atom is -0.497 e. The van der Waals surface area contributed by atoms with Crippen molar-refractivity contribution in [3.05, 3.63) is 48.5 Å². The summed E-state index contributed by atoms with van der Waals surface area (Å²) in [6, 6.07) is 15.8. The molecule has 0 radical (unpaired) electrons. The first-order valence-corrected chi connectivity index (χ1v) is 11.2. The number of hydrogen-bond donors (Lipinski definition) is 1. The van der Waals surface area contributed by atoms with Crippen LogP contribution in [-0.2, 0) is 0 Å². The summed E-state index contributed by atoms with van der Waals surface area (Å²) < 4.78 is 7.33. The summed E-state index contributed by atoms with van der Waals surface area (Å²) in [6.07, 6.45) is 0. The Bertz CT molecular complexity index is 1300. The number of hydrogen-bond acceptors (Lipinski definition) is 6. The van der Waals surface area contributed by atoms with Gasteiger partial charge in [0, 0.05) is 43.2 Å². The van der Waals surface area contributed by atoms with Gasteiger partial charge in [-0.2, -0.15) is 0 Å². The van der Waals surface area contributed by atoms with Gasteiger partial charge >= 0.3 is 6.03 Å². The largest absolute Gasteiger partial charge is 0.497 e. The highest BCUT2D eigenvalue weighted by Gasteiger charge is 2.30. The number of amides is 2. The van der Waals surface area contributed by atoms with Gasteiger partial charge in [-0.15, -0.1) is 10.2 Å². The Balaban J connectivity index is 1.61. The fraction of sp³-hybridized carbons (Fsp3) is 0.333. The zero-order valence-electron chi connectivity index (χ0n) is 19.0. The van der Waals surface area contributed by atoms with Crippen molar-refractivity contribution in [2.24, 2.45) is 0 Å². The monoisotopic (exact) mass is 445 g/mol. The van der Waals surface area contributed by atoms with E-state index in [2.05, 4.69) is 27.3 Å². The first-order valence-electron chi connectivity index (χ1n) is 11.2. The predicted octanol–water partition coefficient (Wildman–Crippen LogP) is 3.19. The quantitative estimate of drug-likeness (QED) is 0.519. The van der Waals surface area contributed by atoms with Gasteiger partial charge in [0.25, 0.3) is 0 Å². The molecule has 3 heterocycles. The molecule has 4 aromatic rings. The smallest absolute Gasteiger partial charge is 0.317 e. The molecular formula is C24H27N7O2. The molecule has 5 rings (SSSR count). The number of benzene rings is 2. The highest BCUT2D eigenvalue weighted by Crippen LogP contribution is 2.30. The van der Waals surface area contributed by atoms with Gasteiger partial charge in [-0.25, -0.2) is 14.2 Å². The minimum atomic E-state index is -0.0236. The van der Waals surface area contributed by atoms with Crippen LogP contribution in [0.1, 0.15) is 13.8 Å². The molecule has 9 nitrogen and oxygen atoms in total. The summed E-state index contributed by atoms with van der Waals surface area (Å²) >= 11 is 0. The third kappa shape index (κ3) is 3.69. The van der Waals surface area contributed by atoms with E-state index in [1.807, 2.05) is 64.8 Å². The van der Waals surface area contributed by atoms with E-state index in [9.17, 15) is 4.79 Å². The molecule has 1 N–H and O–H groups in total. The van der Waals surface area contributed by atoms with Gasteiger partial charge in [-0.05, 0) is 50.2 Å². The van der Waals surface area contributed by atoms with Crippen molar-refractivity contribution in [3.63, 3.8) is 0 Å². The van der Waals surface area contributed by atoms with E-state index in [1.165, 1.54) is 0 Å². The van der Waals surface area contributed by atoms with Crippen molar-refractivity contribution >= 4 is 28.5 Å². The molecule has 0 spiro atoms. The zero-order valence-corrected chi connectivity index (χ0v) is 19.0. The van der Waals surface area contributed by atoms with Crippen LogP contribution in [0, 0.1) is 0 Å². The van der Waals surface area contributed by atoms with E-state index in [-0.39, 0.29) is 12.1 Å². The van der Waals surface area contributed by atoms with Crippen LogP contribution < -0.4 is 15.0 Å². The van der Waals surface area contributed by atoms with Crippen LogP contribution in [0.5, 0.6) is 5.75 Å². The van der Waals surface area contributed by atoms with Crippen LogP contribution >= 0.6 is 0 Å².